The average Bonchev–Trinajstić information content (AvgIpc) is 2.38. The minimum atomic E-state index is 0.255. The maximum Gasteiger partial charge on any atom is 0.0482 e. The lowest BCUT2D eigenvalue weighted by atomic mass is 9.77. The van der Waals surface area contributed by atoms with E-state index in [0.29, 0.717) is 17.4 Å². The summed E-state index contributed by atoms with van der Waals surface area (Å²) in [6.45, 7) is 13.8. The van der Waals surface area contributed by atoms with Gasteiger partial charge in [0.05, 0.1) is 0 Å². The van der Waals surface area contributed by atoms with Crippen molar-refractivity contribution in [2.45, 2.75) is 60.4 Å². The first kappa shape index (κ1) is 16.1. The predicted molar refractivity (Wildman–Crippen MR) is 93.0 cm³/mol. The Morgan fingerprint density at radius 2 is 1.62 bits per heavy atom. The fourth-order valence-corrected chi connectivity index (χ4v) is 2.87. The van der Waals surface area contributed by atoms with Gasteiger partial charge >= 0.3 is 0 Å². The van der Waals surface area contributed by atoms with Crippen LogP contribution in [0, 0.1) is 16.7 Å². The normalized spacial score (nSPS) is 26.4. The third-order valence-corrected chi connectivity index (χ3v) is 4.53. The topological polar surface area (TPSA) is 12.0 Å². The lowest BCUT2D eigenvalue weighted by Crippen LogP contribution is -2.29. The summed E-state index contributed by atoms with van der Waals surface area (Å²) in [5.41, 5.74) is 3.33. The standard InChI is InChI=1S/C20H31N/c1-19(2,3)15-7-11-17(12-8-15)21-18-13-9-16(10-14-18)20(4,5)6/h7-9,11,13-14,16-17,21H,10,12H2,1-6H3. The summed E-state index contributed by atoms with van der Waals surface area (Å²) in [6.07, 6.45) is 16.2. The Balaban J connectivity index is 1.89. The Hall–Kier alpha value is -1.24. The molecule has 2 unspecified atom stereocenters. The Morgan fingerprint density at radius 3 is 2.05 bits per heavy atom. The van der Waals surface area contributed by atoms with E-state index in [1.165, 1.54) is 11.3 Å². The SMILES string of the molecule is CC(C)(C)C1=CCC(NC2=CCC(C(C)(C)C)C=C2)C=C1. The van der Waals surface area contributed by atoms with E-state index in [-0.39, 0.29) is 5.41 Å². The molecule has 0 amide bonds. The Bertz CT molecular complexity index is 489. The van der Waals surface area contributed by atoms with E-state index in [4.69, 9.17) is 0 Å². The number of hydrogen-bond donors (Lipinski definition) is 1. The molecule has 0 bridgehead atoms. The van der Waals surface area contributed by atoms with Gasteiger partial charge in [0.25, 0.3) is 0 Å². The van der Waals surface area contributed by atoms with Gasteiger partial charge in [-0.05, 0) is 41.2 Å². The number of rotatable bonds is 2. The highest BCUT2D eigenvalue weighted by Crippen LogP contribution is 2.33. The zero-order valence-electron chi connectivity index (χ0n) is 14.5. The van der Waals surface area contributed by atoms with Crippen LogP contribution in [0.5, 0.6) is 0 Å². The summed E-state index contributed by atoms with van der Waals surface area (Å²) >= 11 is 0. The van der Waals surface area contributed by atoms with Gasteiger partial charge in [-0.1, -0.05) is 71.9 Å². The molecule has 1 nitrogen and oxygen atoms in total. The van der Waals surface area contributed by atoms with E-state index in [2.05, 4.69) is 83.3 Å². The van der Waals surface area contributed by atoms with E-state index in [1.807, 2.05) is 0 Å². The first-order chi connectivity index (χ1) is 9.66. The van der Waals surface area contributed by atoms with Gasteiger partial charge < -0.3 is 5.32 Å². The molecule has 0 saturated carbocycles. The third-order valence-electron chi connectivity index (χ3n) is 4.53. The summed E-state index contributed by atoms with van der Waals surface area (Å²) in [5.74, 6) is 0.650. The highest BCUT2D eigenvalue weighted by molar-refractivity contribution is 5.32. The molecule has 1 N–H and O–H groups in total. The molecule has 0 fully saturated rings. The van der Waals surface area contributed by atoms with Crippen LogP contribution < -0.4 is 5.32 Å². The maximum atomic E-state index is 3.64. The summed E-state index contributed by atoms with van der Waals surface area (Å²) < 4.78 is 0. The van der Waals surface area contributed by atoms with Crippen LogP contribution in [0.25, 0.3) is 0 Å². The van der Waals surface area contributed by atoms with Crippen molar-refractivity contribution in [1.29, 1.82) is 0 Å². The molecule has 1 heteroatoms. The molecular formula is C20H31N. The van der Waals surface area contributed by atoms with Gasteiger partial charge in [-0.2, -0.15) is 0 Å². The van der Waals surface area contributed by atoms with Gasteiger partial charge in [-0.3, -0.25) is 0 Å². The van der Waals surface area contributed by atoms with Crippen LogP contribution in [-0.4, -0.2) is 6.04 Å². The smallest absolute Gasteiger partial charge is 0.0482 e. The van der Waals surface area contributed by atoms with Crippen LogP contribution in [0.3, 0.4) is 0 Å². The summed E-state index contributed by atoms with van der Waals surface area (Å²) in [4.78, 5) is 0. The van der Waals surface area contributed by atoms with Crippen LogP contribution in [0.15, 0.2) is 47.7 Å². The van der Waals surface area contributed by atoms with Crippen molar-refractivity contribution in [1.82, 2.24) is 5.32 Å². The highest BCUT2D eigenvalue weighted by atomic mass is 14.9. The first-order valence-electron chi connectivity index (χ1n) is 8.20. The van der Waals surface area contributed by atoms with Gasteiger partial charge in [0.2, 0.25) is 0 Å². The fraction of sp³-hybridized carbons (Fsp3) is 0.600. The largest absolute Gasteiger partial charge is 0.379 e. The molecule has 21 heavy (non-hydrogen) atoms. The molecular weight excluding hydrogens is 254 g/mol. The molecule has 2 aliphatic rings. The van der Waals surface area contributed by atoms with E-state index < -0.39 is 0 Å². The fourth-order valence-electron chi connectivity index (χ4n) is 2.87. The molecule has 0 aromatic carbocycles. The van der Waals surface area contributed by atoms with Crippen LogP contribution in [0.1, 0.15) is 54.4 Å². The molecule has 0 aliphatic heterocycles. The zero-order valence-corrected chi connectivity index (χ0v) is 14.5. The number of allylic oxidation sites excluding steroid dienone is 5. The molecule has 0 spiro atoms. The zero-order chi connectivity index (χ0) is 15.7. The van der Waals surface area contributed by atoms with Crippen molar-refractivity contribution in [3.63, 3.8) is 0 Å². The average molecular weight is 285 g/mol. The van der Waals surface area contributed by atoms with E-state index in [1.54, 1.807) is 0 Å². The van der Waals surface area contributed by atoms with Crippen molar-refractivity contribution < 1.29 is 0 Å². The van der Waals surface area contributed by atoms with E-state index in [0.717, 1.165) is 12.8 Å². The molecule has 2 rings (SSSR count). The van der Waals surface area contributed by atoms with Gasteiger partial charge in [0.15, 0.2) is 0 Å². The molecule has 0 aromatic rings. The van der Waals surface area contributed by atoms with Crippen molar-refractivity contribution in [3.05, 3.63) is 47.7 Å². The van der Waals surface area contributed by atoms with Gasteiger partial charge in [0, 0.05) is 11.7 Å². The van der Waals surface area contributed by atoms with Crippen molar-refractivity contribution >= 4 is 0 Å². The Kier molecular flexibility index (Phi) is 4.51. The Labute approximate surface area is 130 Å². The van der Waals surface area contributed by atoms with Crippen molar-refractivity contribution in [2.24, 2.45) is 16.7 Å². The van der Waals surface area contributed by atoms with Crippen molar-refractivity contribution in [3.8, 4) is 0 Å². The lowest BCUT2D eigenvalue weighted by Gasteiger charge is -2.31. The molecule has 0 heterocycles. The van der Waals surface area contributed by atoms with E-state index in [9.17, 15) is 0 Å². The van der Waals surface area contributed by atoms with Gasteiger partial charge in [-0.25, -0.2) is 0 Å². The van der Waals surface area contributed by atoms with Crippen LogP contribution in [-0.2, 0) is 0 Å². The van der Waals surface area contributed by atoms with Crippen molar-refractivity contribution in [2.75, 3.05) is 0 Å². The quantitative estimate of drug-likeness (QED) is 0.718. The van der Waals surface area contributed by atoms with Gasteiger partial charge in [0.1, 0.15) is 0 Å². The first-order valence-corrected chi connectivity index (χ1v) is 8.20. The van der Waals surface area contributed by atoms with Crippen LogP contribution in [0.2, 0.25) is 0 Å². The second-order valence-electron chi connectivity index (χ2n) is 8.48. The lowest BCUT2D eigenvalue weighted by molar-refractivity contribution is 0.292. The molecule has 0 saturated heterocycles. The number of hydrogen-bond acceptors (Lipinski definition) is 1. The van der Waals surface area contributed by atoms with Crippen LogP contribution >= 0.6 is 0 Å². The minimum Gasteiger partial charge on any atom is -0.379 e. The molecule has 116 valence electrons. The summed E-state index contributed by atoms with van der Waals surface area (Å²) in [5, 5.41) is 3.64. The Morgan fingerprint density at radius 1 is 0.905 bits per heavy atom. The second-order valence-corrected chi connectivity index (χ2v) is 8.48. The summed E-state index contributed by atoms with van der Waals surface area (Å²) in [7, 11) is 0. The number of nitrogens with one attached hydrogen (secondary N) is 1. The minimum absolute atomic E-state index is 0.255. The predicted octanol–water partition coefficient (Wildman–Crippen LogP) is 5.38. The molecule has 0 radical (unpaired) electrons. The molecule has 2 aliphatic carbocycles. The maximum absolute atomic E-state index is 3.64. The van der Waals surface area contributed by atoms with Gasteiger partial charge in [-0.15, -0.1) is 0 Å². The summed E-state index contributed by atoms with van der Waals surface area (Å²) in [6, 6.07) is 0.429. The van der Waals surface area contributed by atoms with E-state index >= 15 is 0 Å². The third kappa shape index (κ3) is 4.36. The monoisotopic (exact) mass is 285 g/mol. The highest BCUT2D eigenvalue weighted by Gasteiger charge is 2.23. The molecule has 0 aromatic heterocycles. The second kappa shape index (κ2) is 5.87. The van der Waals surface area contributed by atoms with Crippen LogP contribution in [0.4, 0.5) is 0 Å². The molecule has 2 atom stereocenters.